The molecule has 2 heteroatoms. The molecule has 1 atom stereocenters. The van der Waals surface area contributed by atoms with Crippen molar-refractivity contribution in [1.29, 1.82) is 0 Å². The van der Waals surface area contributed by atoms with Crippen LogP contribution in [0, 0.1) is 5.92 Å². The predicted octanol–water partition coefficient (Wildman–Crippen LogP) is 1.95. The fourth-order valence-electron chi connectivity index (χ4n) is 2.62. The number of rotatable bonds is 0. The lowest BCUT2D eigenvalue weighted by molar-refractivity contribution is 0.343. The van der Waals surface area contributed by atoms with Gasteiger partial charge in [0.2, 0.25) is 0 Å². The van der Waals surface area contributed by atoms with Gasteiger partial charge in [0.05, 0.1) is 0 Å². The van der Waals surface area contributed by atoms with E-state index in [9.17, 15) is 0 Å². The Morgan fingerprint density at radius 1 is 1.38 bits per heavy atom. The highest BCUT2D eigenvalue weighted by Gasteiger charge is 2.28. The van der Waals surface area contributed by atoms with Crippen LogP contribution in [0.15, 0.2) is 28.5 Å². The number of fused-ring (bicyclic) bond motifs is 2. The third-order valence-corrected chi connectivity index (χ3v) is 3.28. The highest BCUT2D eigenvalue weighted by atomic mass is 15.2. The van der Waals surface area contributed by atoms with Crippen LogP contribution in [0.3, 0.4) is 0 Å². The van der Waals surface area contributed by atoms with E-state index in [4.69, 9.17) is 0 Å². The molecule has 1 unspecified atom stereocenters. The maximum atomic E-state index is 4.23. The van der Waals surface area contributed by atoms with Crippen molar-refractivity contribution >= 4 is 6.21 Å². The maximum Gasteiger partial charge on any atom is 0.0323 e. The van der Waals surface area contributed by atoms with E-state index >= 15 is 0 Å². The van der Waals surface area contributed by atoms with Crippen LogP contribution < -0.4 is 0 Å². The molecule has 0 aromatic carbocycles. The van der Waals surface area contributed by atoms with Crippen LogP contribution in [0.4, 0.5) is 0 Å². The number of nitrogens with zero attached hydrogens (tertiary/aromatic N) is 2. The average Bonchev–Trinajstić information content (AvgIpc) is 2.65. The van der Waals surface area contributed by atoms with Crippen molar-refractivity contribution in [3.05, 3.63) is 23.5 Å². The molecule has 1 fully saturated rings. The number of hydrogen-bond acceptors (Lipinski definition) is 2. The van der Waals surface area contributed by atoms with Gasteiger partial charge >= 0.3 is 0 Å². The summed E-state index contributed by atoms with van der Waals surface area (Å²) in [6.07, 6.45) is 10.1. The van der Waals surface area contributed by atoms with Gasteiger partial charge in [-0.2, -0.15) is 0 Å². The molecule has 0 bridgehead atoms. The van der Waals surface area contributed by atoms with Crippen LogP contribution in [0.2, 0.25) is 0 Å². The van der Waals surface area contributed by atoms with Crippen molar-refractivity contribution in [1.82, 2.24) is 4.90 Å². The van der Waals surface area contributed by atoms with Crippen LogP contribution in [-0.4, -0.2) is 24.2 Å². The Morgan fingerprint density at radius 3 is 3.38 bits per heavy atom. The topological polar surface area (TPSA) is 15.6 Å². The monoisotopic (exact) mass is 174 g/mol. The zero-order valence-electron chi connectivity index (χ0n) is 7.74. The number of hydrogen-bond donors (Lipinski definition) is 0. The van der Waals surface area contributed by atoms with E-state index in [-0.39, 0.29) is 0 Å². The van der Waals surface area contributed by atoms with Gasteiger partial charge in [0.1, 0.15) is 0 Å². The van der Waals surface area contributed by atoms with Gasteiger partial charge in [0, 0.05) is 37.1 Å². The van der Waals surface area contributed by atoms with E-state index in [0.717, 1.165) is 0 Å². The summed E-state index contributed by atoms with van der Waals surface area (Å²) in [5, 5.41) is 0. The molecule has 2 nitrogen and oxygen atoms in total. The lowest BCUT2D eigenvalue weighted by atomic mass is 9.89. The van der Waals surface area contributed by atoms with E-state index in [2.05, 4.69) is 22.2 Å². The van der Waals surface area contributed by atoms with Crippen molar-refractivity contribution in [3.8, 4) is 0 Å². The smallest absolute Gasteiger partial charge is 0.0323 e. The predicted molar refractivity (Wildman–Crippen MR) is 53.6 cm³/mol. The second kappa shape index (κ2) is 2.72. The molecule has 0 spiro atoms. The van der Waals surface area contributed by atoms with E-state index in [1.807, 2.05) is 6.20 Å². The standard InChI is InChI=1S/C11H14N2/c1-2-11-10-8-12-5-3-9(10)4-7-13(11)6-1/h3,5,8-9H,1-2,4,6-7H2. The Balaban J connectivity index is 2.05. The summed E-state index contributed by atoms with van der Waals surface area (Å²) < 4.78 is 0. The molecule has 1 saturated heterocycles. The second-order valence-corrected chi connectivity index (χ2v) is 4.01. The quantitative estimate of drug-likeness (QED) is 0.548. The third-order valence-electron chi connectivity index (χ3n) is 3.28. The minimum atomic E-state index is 0.668. The summed E-state index contributed by atoms with van der Waals surface area (Å²) in [4.78, 5) is 6.77. The Hall–Kier alpha value is -1.05. The van der Waals surface area contributed by atoms with Crippen LogP contribution in [0.1, 0.15) is 19.3 Å². The molecular formula is C11H14N2. The molecule has 13 heavy (non-hydrogen) atoms. The second-order valence-electron chi connectivity index (χ2n) is 4.01. The third kappa shape index (κ3) is 1.05. The first-order valence-electron chi connectivity index (χ1n) is 5.13. The average molecular weight is 174 g/mol. The summed E-state index contributed by atoms with van der Waals surface area (Å²) >= 11 is 0. The summed E-state index contributed by atoms with van der Waals surface area (Å²) in [5.41, 5.74) is 3.07. The normalized spacial score (nSPS) is 30.8. The zero-order valence-corrected chi connectivity index (χ0v) is 7.74. The molecule has 3 aliphatic rings. The summed E-state index contributed by atoms with van der Waals surface area (Å²) in [6, 6.07) is 0. The van der Waals surface area contributed by atoms with Gasteiger partial charge in [-0.05, 0) is 24.8 Å². The Labute approximate surface area is 78.6 Å². The number of allylic oxidation sites excluding steroid dienone is 3. The Kier molecular flexibility index (Phi) is 1.54. The lowest BCUT2D eigenvalue weighted by Gasteiger charge is -2.32. The molecule has 0 radical (unpaired) electrons. The van der Waals surface area contributed by atoms with Crippen molar-refractivity contribution in [2.45, 2.75) is 19.3 Å². The van der Waals surface area contributed by atoms with Crippen LogP contribution in [0.5, 0.6) is 0 Å². The van der Waals surface area contributed by atoms with Crippen molar-refractivity contribution in [3.63, 3.8) is 0 Å². The molecule has 0 aliphatic carbocycles. The summed E-state index contributed by atoms with van der Waals surface area (Å²) in [5.74, 6) is 0.668. The Bertz CT molecular complexity index is 312. The fraction of sp³-hybridized carbons (Fsp3) is 0.545. The van der Waals surface area contributed by atoms with Gasteiger partial charge in [-0.1, -0.05) is 6.08 Å². The van der Waals surface area contributed by atoms with Gasteiger partial charge in [0.15, 0.2) is 0 Å². The molecule has 3 rings (SSSR count). The molecular weight excluding hydrogens is 160 g/mol. The van der Waals surface area contributed by atoms with Crippen molar-refractivity contribution < 1.29 is 0 Å². The van der Waals surface area contributed by atoms with Gasteiger partial charge in [-0.25, -0.2) is 0 Å². The molecule has 3 aliphatic heterocycles. The van der Waals surface area contributed by atoms with Gasteiger partial charge in [-0.3, -0.25) is 4.99 Å². The molecule has 0 N–H and O–H groups in total. The van der Waals surface area contributed by atoms with Gasteiger partial charge in [-0.15, -0.1) is 0 Å². The lowest BCUT2D eigenvalue weighted by Crippen LogP contribution is -2.29. The van der Waals surface area contributed by atoms with Crippen molar-refractivity contribution in [2.75, 3.05) is 13.1 Å². The van der Waals surface area contributed by atoms with E-state index < -0.39 is 0 Å². The molecule has 0 aromatic rings. The van der Waals surface area contributed by atoms with Crippen molar-refractivity contribution in [2.24, 2.45) is 10.9 Å². The van der Waals surface area contributed by atoms with Gasteiger partial charge in [0.25, 0.3) is 0 Å². The minimum Gasteiger partial charge on any atom is -0.374 e. The van der Waals surface area contributed by atoms with E-state index in [1.165, 1.54) is 37.9 Å². The zero-order chi connectivity index (χ0) is 8.67. The maximum absolute atomic E-state index is 4.23. The highest BCUT2D eigenvalue weighted by molar-refractivity contribution is 5.82. The molecule has 0 aromatic heterocycles. The first-order valence-corrected chi connectivity index (χ1v) is 5.13. The summed E-state index contributed by atoms with van der Waals surface area (Å²) in [7, 11) is 0. The minimum absolute atomic E-state index is 0.668. The van der Waals surface area contributed by atoms with E-state index in [0.29, 0.717) is 5.92 Å². The molecule has 68 valence electrons. The van der Waals surface area contributed by atoms with Crippen LogP contribution in [0.25, 0.3) is 0 Å². The summed E-state index contributed by atoms with van der Waals surface area (Å²) in [6.45, 7) is 2.52. The van der Waals surface area contributed by atoms with E-state index in [1.54, 1.807) is 5.70 Å². The van der Waals surface area contributed by atoms with Crippen LogP contribution >= 0.6 is 0 Å². The largest absolute Gasteiger partial charge is 0.374 e. The fourth-order valence-corrected chi connectivity index (χ4v) is 2.62. The first kappa shape index (κ1) is 7.36. The molecule has 3 heterocycles. The van der Waals surface area contributed by atoms with Crippen LogP contribution in [-0.2, 0) is 0 Å². The first-order chi connectivity index (χ1) is 6.45. The number of aliphatic imine (C=N–C) groups is 1. The molecule has 0 saturated carbocycles. The molecule has 0 amide bonds. The Morgan fingerprint density at radius 2 is 2.38 bits per heavy atom. The highest BCUT2D eigenvalue weighted by Crippen LogP contribution is 2.35. The van der Waals surface area contributed by atoms with Gasteiger partial charge < -0.3 is 4.90 Å². The SMILES string of the molecule is C1=CC2CCN3CCCC3=C2C=N1.